The number of fused-ring (bicyclic) bond motifs is 1. The van der Waals surface area contributed by atoms with Crippen LogP contribution in [-0.2, 0) is 28.0 Å². The number of aromatic nitrogens is 4. The van der Waals surface area contributed by atoms with Crippen LogP contribution in [-0.4, -0.2) is 92.1 Å². The number of imidazole rings is 1. The lowest BCUT2D eigenvalue weighted by Crippen LogP contribution is -2.49. The number of nitrogens with zero attached hydrogens (tertiary/aromatic N) is 6. The average molecular weight is 837 g/mol. The molecule has 2 aromatic carbocycles. The van der Waals surface area contributed by atoms with Gasteiger partial charge in [-0.15, -0.1) is 11.8 Å². The van der Waals surface area contributed by atoms with Gasteiger partial charge in [-0.05, 0) is 138 Å². The molecule has 5 heterocycles. The van der Waals surface area contributed by atoms with E-state index in [0.29, 0.717) is 41.5 Å². The minimum absolute atomic E-state index is 0.204. The van der Waals surface area contributed by atoms with Crippen molar-refractivity contribution in [3.63, 3.8) is 0 Å². The third-order valence-corrected chi connectivity index (χ3v) is 15.5. The highest BCUT2D eigenvalue weighted by molar-refractivity contribution is 8.00. The number of piperidine rings is 3. The van der Waals surface area contributed by atoms with Crippen LogP contribution in [0.25, 0.3) is 11.0 Å². The third kappa shape index (κ3) is 8.36. The number of carbonyl (C=O) groups excluding carboxylic acids is 2. The fourth-order valence-corrected chi connectivity index (χ4v) is 12.5. The summed E-state index contributed by atoms with van der Waals surface area (Å²) in [5.74, 6) is 0.904. The number of benzene rings is 2. The van der Waals surface area contributed by atoms with Crippen molar-refractivity contribution in [3.8, 4) is 0 Å². The number of rotatable bonds is 11. The average Bonchev–Trinajstić information content (AvgIpc) is 3.49. The number of carbonyl (C=O) groups is 2. The zero-order chi connectivity index (χ0) is 41.5. The molecule has 3 saturated heterocycles. The maximum atomic E-state index is 13.5. The van der Waals surface area contributed by atoms with Gasteiger partial charge in [-0.1, -0.05) is 6.07 Å². The first-order valence-corrected chi connectivity index (χ1v) is 23.0. The predicted octanol–water partition coefficient (Wildman–Crippen LogP) is 6.58. The zero-order valence-corrected chi connectivity index (χ0v) is 36.1. The SMILES string of the molecule is COCc1cnc(Nc2ccc(SC3CC4(CCN(CC5CCN(c6cccc7c6n(C)c(=O)n7C6CCC(=O)NC6=O)CC5)CC4)C3)cc2C)nc1C1CCC(O)CC1. The minimum Gasteiger partial charge on any atom is -0.393 e. The molecule has 5 aliphatic rings. The molecule has 0 radical (unpaired) electrons. The molecule has 3 N–H and O–H groups in total. The molecule has 1 atom stereocenters. The maximum Gasteiger partial charge on any atom is 0.329 e. The highest BCUT2D eigenvalue weighted by atomic mass is 32.2. The number of ether oxygens (including phenoxy) is 1. The van der Waals surface area contributed by atoms with Gasteiger partial charge in [-0.25, -0.2) is 14.8 Å². The molecule has 14 heteroatoms. The maximum absolute atomic E-state index is 13.5. The quantitative estimate of drug-likeness (QED) is 0.141. The normalized spacial score (nSPS) is 24.2. The van der Waals surface area contributed by atoms with Gasteiger partial charge < -0.3 is 25.0 Å². The summed E-state index contributed by atoms with van der Waals surface area (Å²) in [6.07, 6.45) is 13.1. The smallest absolute Gasteiger partial charge is 0.329 e. The Labute approximate surface area is 356 Å². The largest absolute Gasteiger partial charge is 0.393 e. The molecule has 4 aromatic rings. The minimum atomic E-state index is -0.676. The zero-order valence-electron chi connectivity index (χ0n) is 35.3. The Morgan fingerprint density at radius 1 is 0.983 bits per heavy atom. The van der Waals surface area contributed by atoms with Gasteiger partial charge in [-0.3, -0.25) is 24.0 Å². The number of thioether (sulfide) groups is 1. The molecule has 13 nitrogen and oxygen atoms in total. The first kappa shape index (κ1) is 41.1. The van der Waals surface area contributed by atoms with Gasteiger partial charge in [0, 0.05) is 73.7 Å². The van der Waals surface area contributed by atoms with E-state index in [9.17, 15) is 19.5 Å². The first-order valence-electron chi connectivity index (χ1n) is 22.1. The van der Waals surface area contributed by atoms with Crippen molar-refractivity contribution in [1.29, 1.82) is 0 Å². The van der Waals surface area contributed by atoms with E-state index < -0.39 is 11.9 Å². The number of nitrogens with one attached hydrogen (secondary N) is 2. The van der Waals surface area contributed by atoms with Crippen LogP contribution in [0.4, 0.5) is 17.3 Å². The third-order valence-electron chi connectivity index (χ3n) is 14.3. The number of imide groups is 1. The van der Waals surface area contributed by atoms with Gasteiger partial charge in [0.05, 0.1) is 35.1 Å². The highest BCUT2D eigenvalue weighted by Crippen LogP contribution is 2.55. The molecule has 2 aliphatic carbocycles. The van der Waals surface area contributed by atoms with Crippen molar-refractivity contribution in [1.82, 2.24) is 29.3 Å². The number of amides is 2. The van der Waals surface area contributed by atoms with Gasteiger partial charge in [-0.2, -0.15) is 0 Å². The van der Waals surface area contributed by atoms with Crippen LogP contribution in [0.1, 0.15) is 106 Å². The van der Waals surface area contributed by atoms with Gasteiger partial charge >= 0.3 is 5.69 Å². The number of aliphatic hydroxyl groups excluding tert-OH is 1. The Hall–Kier alpha value is -4.24. The van der Waals surface area contributed by atoms with E-state index >= 15 is 0 Å². The molecule has 2 amide bonds. The summed E-state index contributed by atoms with van der Waals surface area (Å²) in [6.45, 7) is 8.06. The monoisotopic (exact) mass is 836 g/mol. The lowest BCUT2D eigenvalue weighted by atomic mass is 9.63. The summed E-state index contributed by atoms with van der Waals surface area (Å²) in [5, 5.41) is 16.6. The van der Waals surface area contributed by atoms with E-state index in [4.69, 9.17) is 9.72 Å². The molecule has 320 valence electrons. The van der Waals surface area contributed by atoms with Crippen molar-refractivity contribution < 1.29 is 19.4 Å². The van der Waals surface area contributed by atoms with Crippen LogP contribution in [0, 0.1) is 18.3 Å². The summed E-state index contributed by atoms with van der Waals surface area (Å²) in [4.78, 5) is 54.1. The fourth-order valence-electron chi connectivity index (χ4n) is 10.8. The number of methoxy groups -OCH3 is 1. The van der Waals surface area contributed by atoms with E-state index in [-0.39, 0.29) is 24.1 Å². The van der Waals surface area contributed by atoms with Crippen molar-refractivity contribution in [2.24, 2.45) is 18.4 Å². The molecule has 2 saturated carbocycles. The molecule has 60 heavy (non-hydrogen) atoms. The first-order chi connectivity index (χ1) is 29.1. The number of hydrogen-bond acceptors (Lipinski definition) is 11. The number of likely N-dealkylation sites (tertiary alicyclic amines) is 1. The van der Waals surface area contributed by atoms with Gasteiger partial charge in [0.25, 0.3) is 0 Å². The van der Waals surface area contributed by atoms with Crippen molar-refractivity contribution in [2.75, 3.05) is 50.1 Å². The van der Waals surface area contributed by atoms with Crippen LogP contribution in [0.5, 0.6) is 0 Å². The second-order valence-corrected chi connectivity index (χ2v) is 19.7. The standard InChI is InChI=1S/C46H60N8O5S/c1-29-23-34(11-12-36(29)48-44-47-26-32(28-59-3)41(50-44)31-7-9-33(55)10-8-31)60-35-24-46(25-35)17-21-52(22-18-46)27-30-15-19-53(20-16-30)37-5-4-6-38-42(37)51(2)45(58)54(38)39-13-14-40(56)49-43(39)57/h4-6,11-12,23,26,30-31,33,35,39,55H,7-10,13-22,24-25,27-28H2,1-3H3,(H,47,48,50)(H,49,56,57). The summed E-state index contributed by atoms with van der Waals surface area (Å²) in [5.41, 5.74) is 7.20. The topological polar surface area (TPSA) is 147 Å². The fraction of sp³-hybridized carbons (Fsp3) is 0.587. The summed E-state index contributed by atoms with van der Waals surface area (Å²) >= 11 is 2.03. The van der Waals surface area contributed by atoms with Crippen LogP contribution in [0.3, 0.4) is 0 Å². The summed E-state index contributed by atoms with van der Waals surface area (Å²) in [7, 11) is 3.49. The molecule has 0 bridgehead atoms. The predicted molar refractivity (Wildman–Crippen MR) is 235 cm³/mol. The Balaban J connectivity index is 0.741. The summed E-state index contributed by atoms with van der Waals surface area (Å²) < 4.78 is 8.71. The molecular formula is C46H60N8O5S. The second-order valence-electron chi connectivity index (χ2n) is 18.3. The highest BCUT2D eigenvalue weighted by Gasteiger charge is 2.46. The van der Waals surface area contributed by atoms with Crippen molar-refractivity contribution in [3.05, 3.63) is 69.9 Å². The molecule has 2 aromatic heterocycles. The van der Waals surface area contributed by atoms with Crippen LogP contribution < -0.4 is 21.2 Å². The molecule has 1 unspecified atom stereocenters. The van der Waals surface area contributed by atoms with E-state index in [1.807, 2.05) is 30.1 Å². The molecule has 1 spiro atoms. The Bertz CT molecular complexity index is 2280. The number of aliphatic hydroxyl groups is 1. The lowest BCUT2D eigenvalue weighted by molar-refractivity contribution is -0.135. The Morgan fingerprint density at radius 3 is 2.47 bits per heavy atom. The van der Waals surface area contributed by atoms with Crippen molar-refractivity contribution in [2.45, 2.75) is 119 Å². The molecule has 5 fully saturated rings. The second kappa shape index (κ2) is 17.3. The van der Waals surface area contributed by atoms with E-state index in [2.05, 4.69) is 56.6 Å². The van der Waals surface area contributed by atoms with Gasteiger partial charge in [0.1, 0.15) is 6.04 Å². The molecular weight excluding hydrogens is 777 g/mol. The molecule has 9 rings (SSSR count). The van der Waals surface area contributed by atoms with E-state index in [1.165, 1.54) is 49.2 Å². The lowest BCUT2D eigenvalue weighted by Gasteiger charge is -2.52. The van der Waals surface area contributed by atoms with E-state index in [1.54, 1.807) is 23.3 Å². The van der Waals surface area contributed by atoms with Crippen LogP contribution >= 0.6 is 11.8 Å². The number of anilines is 3. The Morgan fingerprint density at radius 2 is 1.75 bits per heavy atom. The summed E-state index contributed by atoms with van der Waals surface area (Å²) in [6, 6.07) is 12.0. The molecule has 3 aliphatic heterocycles. The number of hydrogen-bond donors (Lipinski definition) is 3. The van der Waals surface area contributed by atoms with Gasteiger partial charge in [0.2, 0.25) is 17.8 Å². The number of aryl methyl sites for hydroxylation is 2. The number of para-hydroxylation sites is 1. The van der Waals surface area contributed by atoms with E-state index in [0.717, 1.165) is 91.8 Å². The Kier molecular flexibility index (Phi) is 11.8. The van der Waals surface area contributed by atoms with Crippen LogP contribution in [0.15, 0.2) is 52.3 Å². The van der Waals surface area contributed by atoms with Gasteiger partial charge in [0.15, 0.2) is 0 Å². The van der Waals surface area contributed by atoms with Crippen LogP contribution in [0.2, 0.25) is 0 Å². The van der Waals surface area contributed by atoms with Crippen molar-refractivity contribution >= 4 is 51.9 Å².